The molecule has 0 aliphatic carbocycles. The lowest BCUT2D eigenvalue weighted by Gasteiger charge is -2.39. The molecule has 2 fully saturated rings. The number of nitrogens with one attached hydrogen (secondary N) is 1. The second-order valence-electron chi connectivity index (χ2n) is 13.1. The summed E-state index contributed by atoms with van der Waals surface area (Å²) >= 11 is 0. The van der Waals surface area contributed by atoms with E-state index >= 15 is 0 Å². The molecule has 1 unspecified atom stereocenters. The van der Waals surface area contributed by atoms with Crippen LogP contribution in [-0.2, 0) is 4.79 Å². The summed E-state index contributed by atoms with van der Waals surface area (Å²) in [6.07, 6.45) is -3.42. The van der Waals surface area contributed by atoms with Crippen molar-refractivity contribution in [2.45, 2.75) is 72.2 Å². The van der Waals surface area contributed by atoms with E-state index in [1.807, 2.05) is 25.7 Å². The van der Waals surface area contributed by atoms with Gasteiger partial charge in [0.05, 0.1) is 11.4 Å². The van der Waals surface area contributed by atoms with Gasteiger partial charge in [0.2, 0.25) is 12.0 Å². The molecule has 248 valence electrons. The highest BCUT2D eigenvalue weighted by Gasteiger charge is 2.46. The molecule has 1 spiro atoms. The van der Waals surface area contributed by atoms with Crippen LogP contribution in [0, 0.1) is 40.0 Å². The second-order valence-corrected chi connectivity index (χ2v) is 13.1. The highest BCUT2D eigenvalue weighted by atomic mass is 19.4. The second kappa shape index (κ2) is 12.3. The van der Waals surface area contributed by atoms with Gasteiger partial charge in [-0.25, -0.2) is 9.67 Å². The lowest BCUT2D eigenvalue weighted by molar-refractivity contribution is -0.198. The summed E-state index contributed by atoms with van der Waals surface area (Å²) in [4.78, 5) is 22.3. The highest BCUT2D eigenvalue weighted by molar-refractivity contribution is 5.74. The van der Waals surface area contributed by atoms with Crippen LogP contribution in [0.5, 0.6) is 5.88 Å². The molecule has 2 atom stereocenters. The molecular formula is C35H39F3N6O3. The van der Waals surface area contributed by atoms with Crippen LogP contribution in [0.3, 0.4) is 0 Å². The Hall–Kier alpha value is -4.45. The van der Waals surface area contributed by atoms with E-state index in [0.29, 0.717) is 37.6 Å². The lowest BCUT2D eigenvalue weighted by Crippen LogP contribution is -2.41. The summed E-state index contributed by atoms with van der Waals surface area (Å²) in [5.74, 6) is -0.263. The fraction of sp³-hybridized carbons (Fsp3) is 0.429. The number of anilines is 1. The first-order valence-electron chi connectivity index (χ1n) is 15.8. The van der Waals surface area contributed by atoms with Gasteiger partial charge in [0.25, 0.3) is 0 Å². The molecule has 2 N–H and O–H groups in total. The van der Waals surface area contributed by atoms with E-state index in [2.05, 4.69) is 32.5 Å². The number of carboxylic acid groups (broad SMARTS) is 1. The molecule has 2 aliphatic heterocycles. The number of rotatable bonds is 7. The van der Waals surface area contributed by atoms with Crippen molar-refractivity contribution >= 4 is 11.8 Å². The predicted molar refractivity (Wildman–Crippen MR) is 172 cm³/mol. The van der Waals surface area contributed by atoms with Crippen molar-refractivity contribution in [3.05, 3.63) is 82.4 Å². The minimum absolute atomic E-state index is 0.0915. The molecule has 0 amide bonds. The number of nitrogens with zero attached hydrogens (tertiary/aromatic N) is 5. The van der Waals surface area contributed by atoms with Crippen LogP contribution in [0.4, 0.5) is 19.0 Å². The van der Waals surface area contributed by atoms with E-state index in [-0.39, 0.29) is 28.4 Å². The lowest BCUT2D eigenvalue weighted by atomic mass is 9.76. The van der Waals surface area contributed by atoms with E-state index in [0.717, 1.165) is 40.7 Å². The largest absolute Gasteiger partial charge is 0.480 e. The first-order chi connectivity index (χ1) is 22.2. The Bertz CT molecular complexity index is 1790. The predicted octanol–water partition coefficient (Wildman–Crippen LogP) is 6.59. The number of hydrogen-bond donors (Lipinski definition) is 2. The number of hydrogen-bond acceptors (Lipinski definition) is 7. The van der Waals surface area contributed by atoms with Gasteiger partial charge in [0.15, 0.2) is 0 Å². The number of aryl methyl sites for hydroxylation is 5. The van der Waals surface area contributed by atoms with Crippen LogP contribution in [0.1, 0.15) is 59.1 Å². The minimum atomic E-state index is -4.78. The van der Waals surface area contributed by atoms with E-state index < -0.39 is 24.3 Å². The maximum absolute atomic E-state index is 14.9. The first-order valence-corrected chi connectivity index (χ1v) is 15.8. The normalized spacial score (nSPS) is 18.5. The number of alkyl halides is 3. The molecule has 2 saturated heterocycles. The van der Waals surface area contributed by atoms with Gasteiger partial charge in [0, 0.05) is 37.5 Å². The van der Waals surface area contributed by atoms with Gasteiger partial charge in [-0.05, 0) is 93.7 Å². The Labute approximate surface area is 271 Å². The van der Waals surface area contributed by atoms with Crippen molar-refractivity contribution in [2.75, 3.05) is 24.5 Å². The average Bonchev–Trinajstić information content (AvgIpc) is 3.62. The number of halogens is 3. The molecule has 6 rings (SSSR count). The van der Waals surface area contributed by atoms with Crippen molar-refractivity contribution in [3.63, 3.8) is 0 Å². The number of carboxylic acids is 1. The molecule has 9 nitrogen and oxygen atoms in total. The van der Waals surface area contributed by atoms with Crippen LogP contribution in [0.15, 0.2) is 48.7 Å². The first kappa shape index (κ1) is 32.5. The van der Waals surface area contributed by atoms with Crippen LogP contribution < -0.4 is 15.0 Å². The van der Waals surface area contributed by atoms with Gasteiger partial charge in [-0.2, -0.15) is 23.3 Å². The van der Waals surface area contributed by atoms with Gasteiger partial charge in [-0.3, -0.25) is 4.79 Å². The van der Waals surface area contributed by atoms with Gasteiger partial charge in [-0.15, -0.1) is 0 Å². The van der Waals surface area contributed by atoms with E-state index in [1.54, 1.807) is 38.2 Å². The molecule has 2 aromatic carbocycles. The highest BCUT2D eigenvalue weighted by Crippen LogP contribution is 2.43. The molecule has 12 heteroatoms. The zero-order chi connectivity index (χ0) is 33.7. The fourth-order valence-corrected chi connectivity index (χ4v) is 7.16. The van der Waals surface area contributed by atoms with E-state index in [1.165, 1.54) is 16.8 Å². The van der Waals surface area contributed by atoms with Crippen molar-refractivity contribution in [2.24, 2.45) is 5.41 Å². The zero-order valence-electron chi connectivity index (χ0n) is 27.1. The monoisotopic (exact) mass is 648 g/mol. The Morgan fingerprint density at radius 2 is 1.72 bits per heavy atom. The Balaban J connectivity index is 1.33. The molecule has 4 heterocycles. The molecule has 47 heavy (non-hydrogen) atoms. The van der Waals surface area contributed by atoms with Gasteiger partial charge >= 0.3 is 12.1 Å². The van der Waals surface area contributed by atoms with Crippen molar-refractivity contribution in [1.29, 1.82) is 0 Å². The van der Waals surface area contributed by atoms with Crippen molar-refractivity contribution in [3.8, 4) is 22.7 Å². The summed E-state index contributed by atoms with van der Waals surface area (Å²) in [5.41, 5.74) is 5.62. The third-order valence-corrected chi connectivity index (χ3v) is 9.39. The van der Waals surface area contributed by atoms with E-state index in [4.69, 9.17) is 4.74 Å². The zero-order valence-corrected chi connectivity index (χ0v) is 27.1. The minimum Gasteiger partial charge on any atom is -0.480 e. The number of aliphatic carboxylic acids is 1. The average molecular weight is 649 g/mol. The Kier molecular flexibility index (Phi) is 8.50. The number of carbonyl (C=O) groups is 1. The SMILES string of the molecule is Cc1cc(C)c(-c2ccc([C@@H](Oc3cc(N4CCC5(CC4)CNC(C(=O)O)C5)nc(C)n3)C(F)(F)F)c(-n3ccc(C)n3)c2)c(C)c1. The molecule has 0 radical (unpaired) electrons. The topological polar surface area (TPSA) is 105 Å². The van der Waals surface area contributed by atoms with Crippen LogP contribution in [0.25, 0.3) is 16.8 Å². The van der Waals surface area contributed by atoms with Crippen LogP contribution in [0.2, 0.25) is 0 Å². The maximum atomic E-state index is 14.9. The smallest absolute Gasteiger partial charge is 0.429 e. The standard InChI is InChI=1S/C35H39F3N6O3/c1-20-14-21(2)31(22(3)15-20)25-6-7-26(28(16-25)44-11-8-23(4)42-44)32(35(36,37)38)47-30-17-29(40-24(5)41-30)43-12-9-34(10-13-43)18-27(33(45)46)39-19-34/h6-8,11,14-17,27,32,39H,9-10,12-13,18-19H2,1-5H3,(H,45,46)/t27?,32-/m1/s1. The number of piperidine rings is 1. The summed E-state index contributed by atoms with van der Waals surface area (Å²) < 4.78 is 52.1. The fourth-order valence-electron chi connectivity index (χ4n) is 7.16. The number of aromatic nitrogens is 4. The van der Waals surface area contributed by atoms with Gasteiger partial charge < -0.3 is 20.1 Å². The summed E-state index contributed by atoms with van der Waals surface area (Å²) in [7, 11) is 0. The summed E-state index contributed by atoms with van der Waals surface area (Å²) in [6, 6.07) is 11.7. The van der Waals surface area contributed by atoms with Gasteiger partial charge in [-0.1, -0.05) is 29.8 Å². The summed E-state index contributed by atoms with van der Waals surface area (Å²) in [5, 5.41) is 17.0. The molecule has 2 aromatic heterocycles. The van der Waals surface area contributed by atoms with E-state index in [9.17, 15) is 23.1 Å². The van der Waals surface area contributed by atoms with Crippen molar-refractivity contribution in [1.82, 2.24) is 25.1 Å². The molecule has 0 bridgehead atoms. The third kappa shape index (κ3) is 6.69. The van der Waals surface area contributed by atoms with Gasteiger partial charge in [0.1, 0.15) is 17.7 Å². The number of benzene rings is 2. The quantitative estimate of drug-likeness (QED) is 0.232. The molecule has 0 saturated carbocycles. The maximum Gasteiger partial charge on any atom is 0.429 e. The van der Waals surface area contributed by atoms with Crippen LogP contribution >= 0.6 is 0 Å². The van der Waals surface area contributed by atoms with Crippen molar-refractivity contribution < 1.29 is 27.8 Å². The summed E-state index contributed by atoms with van der Waals surface area (Å²) in [6.45, 7) is 11.2. The Morgan fingerprint density at radius 3 is 2.32 bits per heavy atom. The molecule has 2 aliphatic rings. The molecule has 4 aromatic rings. The third-order valence-electron chi connectivity index (χ3n) is 9.39. The Morgan fingerprint density at radius 1 is 1.02 bits per heavy atom. The van der Waals surface area contributed by atoms with Crippen LogP contribution in [-0.4, -0.2) is 62.7 Å². The molecular weight excluding hydrogens is 609 g/mol. The number of ether oxygens (including phenoxy) is 1.